The average molecular weight is 471 g/mol. The van der Waals surface area contributed by atoms with E-state index in [9.17, 15) is 4.79 Å². The summed E-state index contributed by atoms with van der Waals surface area (Å²) < 4.78 is 28.0. The van der Waals surface area contributed by atoms with Crippen LogP contribution in [-0.4, -0.2) is 68.8 Å². The van der Waals surface area contributed by atoms with Gasteiger partial charge < -0.3 is 23.7 Å². The van der Waals surface area contributed by atoms with Gasteiger partial charge in [-0.1, -0.05) is 5.21 Å². The van der Waals surface area contributed by atoms with Crippen LogP contribution in [0.5, 0.6) is 11.5 Å². The molecule has 3 rings (SSSR count). The van der Waals surface area contributed by atoms with Crippen molar-refractivity contribution in [2.75, 3.05) is 53.1 Å². The van der Waals surface area contributed by atoms with Crippen molar-refractivity contribution in [2.45, 2.75) is 13.8 Å². The molecule has 0 unspecified atom stereocenters. The number of carbonyl (C=O) groups is 1. The molecule has 1 amide bonds. The zero-order valence-electron chi connectivity index (χ0n) is 20.1. The fourth-order valence-electron chi connectivity index (χ4n) is 3.31. The zero-order chi connectivity index (χ0) is 24.5. The molecule has 34 heavy (non-hydrogen) atoms. The van der Waals surface area contributed by atoms with E-state index in [4.69, 9.17) is 23.7 Å². The van der Waals surface area contributed by atoms with E-state index in [1.165, 1.54) is 7.11 Å². The van der Waals surface area contributed by atoms with Gasteiger partial charge in [0.1, 0.15) is 18.1 Å². The number of amides is 1. The normalized spacial score (nSPS) is 10.7. The first kappa shape index (κ1) is 25.0. The van der Waals surface area contributed by atoms with Crippen LogP contribution in [0, 0.1) is 13.8 Å². The van der Waals surface area contributed by atoms with Gasteiger partial charge in [0.05, 0.1) is 57.3 Å². The number of methoxy groups -OCH3 is 3. The van der Waals surface area contributed by atoms with Crippen LogP contribution in [-0.2, 0) is 14.2 Å². The molecule has 10 nitrogen and oxygen atoms in total. The Balaban J connectivity index is 1.80. The summed E-state index contributed by atoms with van der Waals surface area (Å²) in [6.07, 6.45) is 1.04. The van der Waals surface area contributed by atoms with Crippen LogP contribution in [0.1, 0.15) is 11.1 Å². The van der Waals surface area contributed by atoms with Crippen molar-refractivity contribution in [2.24, 2.45) is 0 Å². The molecule has 0 bridgehead atoms. The Bertz CT molecular complexity index is 1110. The lowest BCUT2D eigenvalue weighted by atomic mass is 10.1. The molecular weight excluding hydrogens is 440 g/mol. The van der Waals surface area contributed by atoms with Crippen molar-refractivity contribution in [3.05, 3.63) is 47.7 Å². The Morgan fingerprint density at radius 3 is 2.47 bits per heavy atom. The van der Waals surface area contributed by atoms with E-state index < -0.39 is 6.09 Å². The number of rotatable bonds is 11. The topological polar surface area (TPSA) is 106 Å². The summed E-state index contributed by atoms with van der Waals surface area (Å²) in [5, 5.41) is 11.1. The number of benzene rings is 2. The van der Waals surface area contributed by atoms with Crippen LogP contribution in [0.4, 0.5) is 10.5 Å². The molecular formula is C24H30N4O6. The number of aryl methyl sites for hydroxylation is 1. The lowest BCUT2D eigenvalue weighted by molar-refractivity contribution is 0.0447. The first-order valence-corrected chi connectivity index (χ1v) is 10.7. The minimum Gasteiger partial charge on any atom is -0.496 e. The van der Waals surface area contributed by atoms with Gasteiger partial charge in [0.15, 0.2) is 0 Å². The molecule has 1 N–H and O–H groups in total. The summed E-state index contributed by atoms with van der Waals surface area (Å²) in [6.45, 7) is 5.33. The highest BCUT2D eigenvalue weighted by molar-refractivity contribution is 5.88. The fraction of sp³-hybridized carbons (Fsp3) is 0.375. The van der Waals surface area contributed by atoms with E-state index in [0.29, 0.717) is 24.7 Å². The first-order chi connectivity index (χ1) is 16.5. The summed E-state index contributed by atoms with van der Waals surface area (Å²) in [5.74, 6) is 1.26. The largest absolute Gasteiger partial charge is 0.496 e. The van der Waals surface area contributed by atoms with Crippen molar-refractivity contribution in [1.29, 1.82) is 0 Å². The number of ether oxygens (including phenoxy) is 5. The van der Waals surface area contributed by atoms with E-state index >= 15 is 0 Å². The smallest absolute Gasteiger partial charge is 0.411 e. The molecule has 3 aromatic rings. The molecule has 0 aliphatic rings. The van der Waals surface area contributed by atoms with Crippen molar-refractivity contribution in [1.82, 2.24) is 15.0 Å². The summed E-state index contributed by atoms with van der Waals surface area (Å²) in [7, 11) is 4.76. The van der Waals surface area contributed by atoms with Crippen LogP contribution < -0.4 is 14.8 Å². The van der Waals surface area contributed by atoms with Crippen LogP contribution >= 0.6 is 0 Å². The minimum atomic E-state index is -0.615. The molecule has 0 spiro atoms. The summed E-state index contributed by atoms with van der Waals surface area (Å²) in [5.41, 5.74) is 4.91. The number of hydrogen-bond acceptors (Lipinski definition) is 8. The maximum atomic E-state index is 12.3. The number of aromatic nitrogens is 3. The number of nitrogens with one attached hydrogen (secondary N) is 1. The van der Waals surface area contributed by atoms with Gasteiger partial charge in [-0.25, -0.2) is 9.48 Å². The lowest BCUT2D eigenvalue weighted by Gasteiger charge is -2.14. The summed E-state index contributed by atoms with van der Waals surface area (Å²) >= 11 is 0. The Morgan fingerprint density at radius 1 is 0.971 bits per heavy atom. The highest BCUT2D eigenvalue weighted by atomic mass is 16.6. The van der Waals surface area contributed by atoms with Crippen molar-refractivity contribution in [3.63, 3.8) is 0 Å². The quantitative estimate of drug-likeness (QED) is 0.422. The Kier molecular flexibility index (Phi) is 8.83. The molecule has 1 aromatic heterocycles. The van der Waals surface area contributed by atoms with Gasteiger partial charge in [-0.2, -0.15) is 0 Å². The number of carbonyl (C=O) groups excluding carboxylic acids is 1. The molecule has 0 fully saturated rings. The van der Waals surface area contributed by atoms with Crippen molar-refractivity contribution < 1.29 is 28.5 Å². The maximum absolute atomic E-state index is 12.3. The Morgan fingerprint density at radius 2 is 1.74 bits per heavy atom. The van der Waals surface area contributed by atoms with E-state index in [-0.39, 0.29) is 13.2 Å². The second-order valence-corrected chi connectivity index (χ2v) is 7.40. The molecule has 2 aromatic carbocycles. The summed E-state index contributed by atoms with van der Waals surface area (Å²) in [4.78, 5) is 12.3. The predicted molar refractivity (Wildman–Crippen MR) is 127 cm³/mol. The molecule has 0 aliphatic carbocycles. The van der Waals surface area contributed by atoms with Crippen LogP contribution in [0.2, 0.25) is 0 Å². The third-order valence-electron chi connectivity index (χ3n) is 5.24. The van der Waals surface area contributed by atoms with Gasteiger partial charge in [-0.15, -0.1) is 5.10 Å². The second kappa shape index (κ2) is 12.0. The molecule has 0 radical (unpaired) electrons. The maximum Gasteiger partial charge on any atom is 0.411 e. The van der Waals surface area contributed by atoms with Gasteiger partial charge in [0, 0.05) is 18.7 Å². The number of anilines is 1. The van der Waals surface area contributed by atoms with Crippen LogP contribution in [0.3, 0.4) is 0 Å². The van der Waals surface area contributed by atoms with E-state index in [1.54, 1.807) is 37.2 Å². The van der Waals surface area contributed by atoms with Gasteiger partial charge in [0.25, 0.3) is 0 Å². The van der Waals surface area contributed by atoms with Crippen molar-refractivity contribution in [3.8, 4) is 28.4 Å². The summed E-state index contributed by atoms with van der Waals surface area (Å²) in [6, 6.07) is 9.34. The fourth-order valence-corrected chi connectivity index (χ4v) is 3.31. The number of nitrogens with zero attached hydrogens (tertiary/aromatic N) is 3. The molecule has 0 aliphatic heterocycles. The van der Waals surface area contributed by atoms with Crippen molar-refractivity contribution >= 4 is 11.8 Å². The SMILES string of the molecule is COCCOCCOC(=O)Nc1cc(-c2cnnn2-c2cc(C)c(C)c(OC)c2)ccc1OC. The minimum absolute atomic E-state index is 0.114. The Hall–Kier alpha value is -3.63. The third-order valence-corrected chi connectivity index (χ3v) is 5.24. The molecule has 182 valence electrons. The molecule has 0 saturated heterocycles. The van der Waals surface area contributed by atoms with Gasteiger partial charge >= 0.3 is 6.09 Å². The number of hydrogen-bond donors (Lipinski definition) is 1. The molecule has 0 atom stereocenters. The standard InChI is InChI=1S/C24H30N4O6/c1-16-12-19(14-23(32-5)17(16)2)28-21(15-25-27-28)18-6-7-22(31-4)20(13-18)26-24(29)34-11-10-33-9-8-30-3/h6-7,12-15H,8-11H2,1-5H3,(H,26,29). The van der Waals surface area contributed by atoms with Gasteiger partial charge in [-0.3, -0.25) is 5.32 Å². The van der Waals surface area contributed by atoms with Gasteiger partial charge in [0.2, 0.25) is 0 Å². The van der Waals surface area contributed by atoms with E-state index in [2.05, 4.69) is 15.6 Å². The zero-order valence-corrected chi connectivity index (χ0v) is 20.1. The predicted octanol–water partition coefficient (Wildman–Crippen LogP) is 3.78. The lowest BCUT2D eigenvalue weighted by Crippen LogP contribution is -2.18. The van der Waals surface area contributed by atoms with Crippen LogP contribution in [0.25, 0.3) is 16.9 Å². The van der Waals surface area contributed by atoms with Gasteiger partial charge in [-0.05, 0) is 49.2 Å². The molecule has 1 heterocycles. The van der Waals surface area contributed by atoms with E-state index in [0.717, 1.165) is 33.8 Å². The third kappa shape index (κ3) is 6.03. The van der Waals surface area contributed by atoms with Crippen LogP contribution in [0.15, 0.2) is 36.5 Å². The first-order valence-electron chi connectivity index (χ1n) is 10.7. The molecule has 10 heteroatoms. The second-order valence-electron chi connectivity index (χ2n) is 7.40. The highest BCUT2D eigenvalue weighted by Gasteiger charge is 2.16. The highest BCUT2D eigenvalue weighted by Crippen LogP contribution is 2.32. The van der Waals surface area contributed by atoms with E-state index in [1.807, 2.05) is 32.0 Å². The monoisotopic (exact) mass is 470 g/mol. The average Bonchev–Trinajstić information content (AvgIpc) is 3.33. The molecule has 0 saturated carbocycles. The Labute approximate surface area is 198 Å².